The van der Waals surface area contributed by atoms with Crippen molar-refractivity contribution in [1.82, 2.24) is 4.90 Å². The highest BCUT2D eigenvalue weighted by Crippen LogP contribution is 2.42. The molecule has 2 unspecified atom stereocenters. The number of allylic oxidation sites excluding steroid dienone is 1. The van der Waals surface area contributed by atoms with Crippen LogP contribution in [0.3, 0.4) is 0 Å². The van der Waals surface area contributed by atoms with Gasteiger partial charge < -0.3 is 4.90 Å². The standard InChI is InChI=1S/C16H27N/c1-13-5-2-3-6-15(11-8-13)17-12-4-7-16(17)14-9-10-14/h7,13-15H,2-6,8-12H2,1H3. The molecule has 0 radical (unpaired) electrons. The average Bonchev–Trinajstić information content (AvgIpc) is 3.04. The molecule has 0 N–H and O–H groups in total. The average molecular weight is 233 g/mol. The molecule has 0 spiro atoms. The fraction of sp³-hybridized carbons (Fsp3) is 0.875. The molecule has 0 aromatic rings. The second-order valence-electron chi connectivity index (χ2n) is 6.51. The SMILES string of the molecule is CC1CCCCC(N2CCC=C2C2CC2)CC1. The summed E-state index contributed by atoms with van der Waals surface area (Å²) in [6.45, 7) is 3.77. The molecule has 3 rings (SSSR count). The van der Waals surface area contributed by atoms with Crippen LogP contribution < -0.4 is 0 Å². The third-order valence-corrected chi connectivity index (χ3v) is 4.97. The zero-order valence-electron chi connectivity index (χ0n) is 11.3. The van der Waals surface area contributed by atoms with Gasteiger partial charge in [-0.15, -0.1) is 0 Å². The van der Waals surface area contributed by atoms with E-state index >= 15 is 0 Å². The minimum Gasteiger partial charge on any atom is -0.372 e. The molecule has 1 heterocycles. The van der Waals surface area contributed by atoms with Gasteiger partial charge in [0.15, 0.2) is 0 Å². The summed E-state index contributed by atoms with van der Waals surface area (Å²) in [4.78, 5) is 2.80. The minimum absolute atomic E-state index is 0.882. The van der Waals surface area contributed by atoms with Gasteiger partial charge in [-0.2, -0.15) is 0 Å². The zero-order chi connectivity index (χ0) is 11.7. The van der Waals surface area contributed by atoms with E-state index in [9.17, 15) is 0 Å². The van der Waals surface area contributed by atoms with Crippen molar-refractivity contribution < 1.29 is 0 Å². The van der Waals surface area contributed by atoms with E-state index in [2.05, 4.69) is 17.9 Å². The smallest absolute Gasteiger partial charge is 0.0287 e. The van der Waals surface area contributed by atoms with Gasteiger partial charge in [0, 0.05) is 18.3 Å². The minimum atomic E-state index is 0.882. The fourth-order valence-electron chi connectivity index (χ4n) is 3.72. The molecule has 1 heteroatoms. The van der Waals surface area contributed by atoms with E-state index < -0.39 is 0 Å². The van der Waals surface area contributed by atoms with Crippen molar-refractivity contribution in [2.75, 3.05) is 6.54 Å². The van der Waals surface area contributed by atoms with Crippen molar-refractivity contribution >= 4 is 0 Å². The molecule has 2 saturated carbocycles. The van der Waals surface area contributed by atoms with Crippen molar-refractivity contribution in [1.29, 1.82) is 0 Å². The van der Waals surface area contributed by atoms with Gasteiger partial charge in [-0.3, -0.25) is 0 Å². The second kappa shape index (κ2) is 5.04. The van der Waals surface area contributed by atoms with Gasteiger partial charge in [0.05, 0.1) is 0 Å². The molecular formula is C16H27N. The summed E-state index contributed by atoms with van der Waals surface area (Å²) >= 11 is 0. The Labute approximate surface area is 106 Å². The van der Waals surface area contributed by atoms with E-state index in [4.69, 9.17) is 0 Å². The van der Waals surface area contributed by atoms with E-state index in [0.717, 1.165) is 17.9 Å². The maximum Gasteiger partial charge on any atom is 0.0287 e. The van der Waals surface area contributed by atoms with Gasteiger partial charge in [0.25, 0.3) is 0 Å². The van der Waals surface area contributed by atoms with Crippen LogP contribution in [0.2, 0.25) is 0 Å². The molecule has 3 aliphatic rings. The summed E-state index contributed by atoms with van der Waals surface area (Å²) in [5.41, 5.74) is 1.74. The Kier molecular flexibility index (Phi) is 3.44. The molecule has 0 aromatic heterocycles. The first kappa shape index (κ1) is 11.6. The lowest BCUT2D eigenvalue weighted by molar-refractivity contribution is 0.206. The molecule has 0 bridgehead atoms. The molecular weight excluding hydrogens is 206 g/mol. The normalized spacial score (nSPS) is 35.4. The predicted molar refractivity (Wildman–Crippen MR) is 72.8 cm³/mol. The van der Waals surface area contributed by atoms with Gasteiger partial charge in [-0.05, 0) is 50.4 Å². The molecule has 2 atom stereocenters. The quantitative estimate of drug-likeness (QED) is 0.685. The zero-order valence-corrected chi connectivity index (χ0v) is 11.3. The van der Waals surface area contributed by atoms with Gasteiger partial charge >= 0.3 is 0 Å². The summed E-state index contributed by atoms with van der Waals surface area (Å²) in [7, 11) is 0. The van der Waals surface area contributed by atoms with Crippen LogP contribution in [-0.4, -0.2) is 17.5 Å². The predicted octanol–water partition coefficient (Wildman–Crippen LogP) is 4.34. The maximum atomic E-state index is 2.80. The lowest BCUT2D eigenvalue weighted by atomic mass is 9.89. The molecule has 1 nitrogen and oxygen atoms in total. The van der Waals surface area contributed by atoms with Crippen molar-refractivity contribution in [3.05, 3.63) is 11.8 Å². The molecule has 96 valence electrons. The highest BCUT2D eigenvalue weighted by molar-refractivity contribution is 5.17. The van der Waals surface area contributed by atoms with Crippen LogP contribution in [0.5, 0.6) is 0 Å². The Morgan fingerprint density at radius 2 is 1.82 bits per heavy atom. The largest absolute Gasteiger partial charge is 0.372 e. The number of nitrogens with zero attached hydrogens (tertiary/aromatic N) is 1. The monoisotopic (exact) mass is 233 g/mol. The molecule has 0 saturated heterocycles. The van der Waals surface area contributed by atoms with E-state index in [1.165, 1.54) is 64.3 Å². The van der Waals surface area contributed by atoms with Crippen molar-refractivity contribution in [2.24, 2.45) is 11.8 Å². The van der Waals surface area contributed by atoms with Crippen LogP contribution in [0.25, 0.3) is 0 Å². The van der Waals surface area contributed by atoms with Crippen LogP contribution in [0, 0.1) is 11.8 Å². The summed E-state index contributed by atoms with van der Waals surface area (Å²) in [6, 6.07) is 0.882. The lowest BCUT2D eigenvalue weighted by Crippen LogP contribution is -2.34. The molecule has 0 aromatic carbocycles. The van der Waals surface area contributed by atoms with Gasteiger partial charge in [0.2, 0.25) is 0 Å². The van der Waals surface area contributed by atoms with Gasteiger partial charge in [0.1, 0.15) is 0 Å². The molecule has 1 aliphatic heterocycles. The Morgan fingerprint density at radius 3 is 2.65 bits per heavy atom. The van der Waals surface area contributed by atoms with E-state index in [1.807, 2.05) is 0 Å². The molecule has 2 fully saturated rings. The fourth-order valence-corrected chi connectivity index (χ4v) is 3.72. The first-order valence-electron chi connectivity index (χ1n) is 7.81. The van der Waals surface area contributed by atoms with Crippen LogP contribution >= 0.6 is 0 Å². The van der Waals surface area contributed by atoms with Crippen LogP contribution in [0.4, 0.5) is 0 Å². The van der Waals surface area contributed by atoms with Crippen molar-refractivity contribution in [2.45, 2.75) is 70.8 Å². The summed E-state index contributed by atoms with van der Waals surface area (Å²) in [5.74, 6) is 1.93. The number of hydrogen-bond donors (Lipinski definition) is 0. The summed E-state index contributed by atoms with van der Waals surface area (Å²) in [6.07, 6.45) is 15.5. The third kappa shape index (κ3) is 2.69. The first-order chi connectivity index (χ1) is 8.34. The lowest BCUT2D eigenvalue weighted by Gasteiger charge is -2.34. The highest BCUT2D eigenvalue weighted by Gasteiger charge is 2.34. The number of rotatable bonds is 2. The first-order valence-corrected chi connectivity index (χ1v) is 7.81. The Hall–Kier alpha value is -0.460. The van der Waals surface area contributed by atoms with Gasteiger partial charge in [-0.1, -0.05) is 32.3 Å². The van der Waals surface area contributed by atoms with Crippen LogP contribution in [0.1, 0.15) is 64.7 Å². The number of hydrogen-bond acceptors (Lipinski definition) is 1. The van der Waals surface area contributed by atoms with Crippen LogP contribution in [-0.2, 0) is 0 Å². The summed E-state index contributed by atoms with van der Waals surface area (Å²) < 4.78 is 0. The highest BCUT2D eigenvalue weighted by atomic mass is 15.2. The second-order valence-corrected chi connectivity index (χ2v) is 6.51. The molecule has 17 heavy (non-hydrogen) atoms. The summed E-state index contributed by atoms with van der Waals surface area (Å²) in [5, 5.41) is 0. The maximum absolute atomic E-state index is 2.80. The van der Waals surface area contributed by atoms with E-state index in [1.54, 1.807) is 5.70 Å². The van der Waals surface area contributed by atoms with Crippen molar-refractivity contribution in [3.63, 3.8) is 0 Å². The van der Waals surface area contributed by atoms with Gasteiger partial charge in [-0.25, -0.2) is 0 Å². The van der Waals surface area contributed by atoms with E-state index in [-0.39, 0.29) is 0 Å². The third-order valence-electron chi connectivity index (χ3n) is 4.97. The molecule has 2 aliphatic carbocycles. The Balaban J connectivity index is 1.63. The topological polar surface area (TPSA) is 3.24 Å². The van der Waals surface area contributed by atoms with E-state index in [0.29, 0.717) is 0 Å². The van der Waals surface area contributed by atoms with Crippen LogP contribution in [0.15, 0.2) is 11.8 Å². The Bertz CT molecular complexity index is 290. The Morgan fingerprint density at radius 1 is 1.00 bits per heavy atom. The molecule has 0 amide bonds. The van der Waals surface area contributed by atoms with Crippen molar-refractivity contribution in [3.8, 4) is 0 Å².